The Hall–Kier alpha value is 0.180. The molecular weight excluding hydrogens is 177 g/mol. The number of hydrogen-bond acceptors (Lipinski definition) is 1. The standard InChI is InChI=1S/C9H16FN.ClH/c10-8-1-2-9(7-8)3-5-11-6-4-9;/h8,11H,1-7H2;1H. The first-order valence-electron chi connectivity index (χ1n) is 4.66. The van der Waals surface area contributed by atoms with Crippen LogP contribution in [0.25, 0.3) is 0 Å². The molecule has 1 saturated heterocycles. The molecule has 3 heteroatoms. The molecule has 1 aliphatic carbocycles. The summed E-state index contributed by atoms with van der Waals surface area (Å²) in [5.74, 6) is 0. The van der Waals surface area contributed by atoms with E-state index in [1.807, 2.05) is 0 Å². The second-order valence-corrected chi connectivity index (χ2v) is 4.09. The highest BCUT2D eigenvalue weighted by Crippen LogP contribution is 2.45. The molecule has 12 heavy (non-hydrogen) atoms. The maximum atomic E-state index is 12.9. The average molecular weight is 194 g/mol. The molecule has 2 fully saturated rings. The van der Waals surface area contributed by atoms with Crippen LogP contribution in [0.3, 0.4) is 0 Å². The lowest BCUT2D eigenvalue weighted by molar-refractivity contribution is 0.191. The zero-order valence-corrected chi connectivity index (χ0v) is 8.13. The highest BCUT2D eigenvalue weighted by Gasteiger charge is 2.39. The zero-order chi connectivity index (χ0) is 7.73. The van der Waals surface area contributed by atoms with Gasteiger partial charge in [-0.3, -0.25) is 0 Å². The second kappa shape index (κ2) is 3.93. The predicted octanol–water partition coefficient (Wildman–Crippen LogP) is 2.30. The SMILES string of the molecule is Cl.FC1CCC2(CCNCC2)C1. The Morgan fingerprint density at radius 2 is 1.83 bits per heavy atom. The molecular formula is C9H17ClFN. The van der Waals surface area contributed by atoms with Gasteiger partial charge in [-0.2, -0.15) is 0 Å². The van der Waals surface area contributed by atoms with Crippen molar-refractivity contribution < 1.29 is 4.39 Å². The van der Waals surface area contributed by atoms with Gasteiger partial charge in [-0.1, -0.05) is 0 Å². The first-order valence-corrected chi connectivity index (χ1v) is 4.66. The highest BCUT2D eigenvalue weighted by atomic mass is 35.5. The first kappa shape index (κ1) is 10.3. The minimum Gasteiger partial charge on any atom is -0.317 e. The van der Waals surface area contributed by atoms with Gasteiger partial charge < -0.3 is 5.32 Å². The van der Waals surface area contributed by atoms with Crippen molar-refractivity contribution in [3.8, 4) is 0 Å². The van der Waals surface area contributed by atoms with E-state index in [0.29, 0.717) is 5.41 Å². The maximum absolute atomic E-state index is 12.9. The van der Waals surface area contributed by atoms with Crippen LogP contribution in [-0.4, -0.2) is 19.3 Å². The first-order chi connectivity index (χ1) is 5.31. The molecule has 2 aliphatic rings. The zero-order valence-electron chi connectivity index (χ0n) is 7.31. The minimum atomic E-state index is -0.493. The molecule has 1 spiro atoms. The van der Waals surface area contributed by atoms with Crippen LogP contribution in [0.2, 0.25) is 0 Å². The summed E-state index contributed by atoms with van der Waals surface area (Å²) in [6.45, 7) is 2.21. The average Bonchev–Trinajstić information content (AvgIpc) is 2.34. The summed E-state index contributed by atoms with van der Waals surface area (Å²) >= 11 is 0. The van der Waals surface area contributed by atoms with Gasteiger partial charge in [0.05, 0.1) is 0 Å². The van der Waals surface area contributed by atoms with E-state index in [4.69, 9.17) is 0 Å². The van der Waals surface area contributed by atoms with E-state index in [-0.39, 0.29) is 12.4 Å². The van der Waals surface area contributed by atoms with Crippen LogP contribution in [0.4, 0.5) is 4.39 Å². The van der Waals surface area contributed by atoms with E-state index >= 15 is 0 Å². The molecule has 1 nitrogen and oxygen atoms in total. The smallest absolute Gasteiger partial charge is 0.101 e. The molecule has 72 valence electrons. The quantitative estimate of drug-likeness (QED) is 0.623. The van der Waals surface area contributed by atoms with Gasteiger partial charge in [-0.25, -0.2) is 4.39 Å². The van der Waals surface area contributed by atoms with Gasteiger partial charge in [0.25, 0.3) is 0 Å². The molecule has 1 N–H and O–H groups in total. The lowest BCUT2D eigenvalue weighted by Crippen LogP contribution is -2.35. The molecule has 1 aliphatic heterocycles. The summed E-state index contributed by atoms with van der Waals surface area (Å²) in [4.78, 5) is 0. The van der Waals surface area contributed by atoms with E-state index in [0.717, 1.165) is 32.4 Å². The fourth-order valence-electron chi connectivity index (χ4n) is 2.55. The molecule has 0 amide bonds. The van der Waals surface area contributed by atoms with Gasteiger partial charge in [-0.05, 0) is 50.6 Å². The van der Waals surface area contributed by atoms with Crippen LogP contribution in [0.15, 0.2) is 0 Å². The van der Waals surface area contributed by atoms with Crippen molar-refractivity contribution in [1.82, 2.24) is 5.32 Å². The van der Waals surface area contributed by atoms with Crippen LogP contribution in [0, 0.1) is 5.41 Å². The largest absolute Gasteiger partial charge is 0.317 e. The molecule has 2 rings (SSSR count). The number of nitrogens with one attached hydrogen (secondary N) is 1. The van der Waals surface area contributed by atoms with Gasteiger partial charge in [0, 0.05) is 0 Å². The summed E-state index contributed by atoms with van der Waals surface area (Å²) in [5.41, 5.74) is 0.407. The van der Waals surface area contributed by atoms with Gasteiger partial charge in [0.1, 0.15) is 6.17 Å². The molecule has 0 aromatic carbocycles. The number of halogens is 2. The third kappa shape index (κ3) is 1.91. The topological polar surface area (TPSA) is 12.0 Å². The van der Waals surface area contributed by atoms with Crippen molar-refractivity contribution in [2.45, 2.75) is 38.3 Å². The fraction of sp³-hybridized carbons (Fsp3) is 1.00. The summed E-state index contributed by atoms with van der Waals surface area (Å²) in [6, 6.07) is 0. The van der Waals surface area contributed by atoms with Gasteiger partial charge in [0.2, 0.25) is 0 Å². The van der Waals surface area contributed by atoms with Gasteiger partial charge in [-0.15, -0.1) is 12.4 Å². The third-order valence-corrected chi connectivity index (χ3v) is 3.31. The van der Waals surface area contributed by atoms with Gasteiger partial charge in [0.15, 0.2) is 0 Å². The van der Waals surface area contributed by atoms with Crippen LogP contribution in [0.1, 0.15) is 32.1 Å². The number of piperidine rings is 1. The summed E-state index contributed by atoms with van der Waals surface area (Å²) in [7, 11) is 0. The number of alkyl halides is 1. The summed E-state index contributed by atoms with van der Waals surface area (Å²) < 4.78 is 12.9. The molecule has 0 aromatic rings. The molecule has 0 bridgehead atoms. The molecule has 1 atom stereocenters. The Morgan fingerprint density at radius 1 is 1.17 bits per heavy atom. The highest BCUT2D eigenvalue weighted by molar-refractivity contribution is 5.85. The monoisotopic (exact) mass is 193 g/mol. The molecule has 1 heterocycles. The van der Waals surface area contributed by atoms with Crippen molar-refractivity contribution in [3.05, 3.63) is 0 Å². The molecule has 0 radical (unpaired) electrons. The van der Waals surface area contributed by atoms with Crippen molar-refractivity contribution in [1.29, 1.82) is 0 Å². The summed E-state index contributed by atoms with van der Waals surface area (Å²) in [5, 5.41) is 3.33. The van der Waals surface area contributed by atoms with Crippen molar-refractivity contribution in [3.63, 3.8) is 0 Å². The predicted molar refractivity (Wildman–Crippen MR) is 50.5 cm³/mol. The van der Waals surface area contributed by atoms with Crippen LogP contribution in [-0.2, 0) is 0 Å². The second-order valence-electron chi connectivity index (χ2n) is 4.09. The Bertz CT molecular complexity index is 140. The molecule has 1 saturated carbocycles. The molecule has 1 unspecified atom stereocenters. The van der Waals surface area contributed by atoms with Crippen LogP contribution >= 0.6 is 12.4 Å². The van der Waals surface area contributed by atoms with Crippen molar-refractivity contribution in [2.24, 2.45) is 5.41 Å². The fourth-order valence-corrected chi connectivity index (χ4v) is 2.55. The Kier molecular flexibility index (Phi) is 3.36. The van der Waals surface area contributed by atoms with E-state index in [1.165, 1.54) is 12.8 Å². The Morgan fingerprint density at radius 3 is 2.33 bits per heavy atom. The van der Waals surface area contributed by atoms with Crippen LogP contribution in [0.5, 0.6) is 0 Å². The Balaban J connectivity index is 0.000000720. The minimum absolute atomic E-state index is 0. The normalized spacial score (nSPS) is 33.2. The number of hydrogen-bond donors (Lipinski definition) is 1. The van der Waals surface area contributed by atoms with E-state index in [2.05, 4.69) is 5.32 Å². The van der Waals surface area contributed by atoms with Crippen molar-refractivity contribution >= 4 is 12.4 Å². The lowest BCUT2D eigenvalue weighted by atomic mass is 9.78. The van der Waals surface area contributed by atoms with Crippen LogP contribution < -0.4 is 5.32 Å². The number of rotatable bonds is 0. The van der Waals surface area contributed by atoms with Crippen molar-refractivity contribution in [2.75, 3.05) is 13.1 Å². The van der Waals surface area contributed by atoms with E-state index in [1.54, 1.807) is 0 Å². The third-order valence-electron chi connectivity index (χ3n) is 3.31. The Labute approximate surface area is 79.5 Å². The lowest BCUT2D eigenvalue weighted by Gasteiger charge is -2.33. The molecule has 0 aromatic heterocycles. The van der Waals surface area contributed by atoms with E-state index in [9.17, 15) is 4.39 Å². The van der Waals surface area contributed by atoms with E-state index < -0.39 is 6.17 Å². The maximum Gasteiger partial charge on any atom is 0.101 e. The van der Waals surface area contributed by atoms with Gasteiger partial charge >= 0.3 is 0 Å². The summed E-state index contributed by atoms with van der Waals surface area (Å²) in [6.07, 6.45) is 4.71.